The number of aromatic nitrogens is 4. The number of hydrogen-bond donors (Lipinski definition) is 2. The molecule has 0 aliphatic carbocycles. The number of aromatic amines is 1. The summed E-state index contributed by atoms with van der Waals surface area (Å²) in [5, 5.41) is 16.7. The fourth-order valence-electron chi connectivity index (χ4n) is 3.78. The van der Waals surface area contributed by atoms with Gasteiger partial charge in [-0.2, -0.15) is 5.10 Å². The number of H-pyrrole nitrogens is 1. The first-order valence-electron chi connectivity index (χ1n) is 9.45. The lowest BCUT2D eigenvalue weighted by atomic mass is 10.0. The molecule has 3 aromatic rings. The molecule has 1 atom stereocenters. The quantitative estimate of drug-likeness (QED) is 0.741. The monoisotopic (exact) mass is 367 g/mol. The van der Waals surface area contributed by atoms with Crippen LogP contribution < -0.4 is 0 Å². The number of nitrogens with zero attached hydrogens (tertiary/aromatic N) is 4. The van der Waals surface area contributed by atoms with Crippen LogP contribution in [0.3, 0.4) is 0 Å². The highest BCUT2D eigenvalue weighted by Crippen LogP contribution is 2.21. The van der Waals surface area contributed by atoms with Crippen molar-refractivity contribution in [2.24, 2.45) is 0 Å². The van der Waals surface area contributed by atoms with Gasteiger partial charge >= 0.3 is 0 Å². The Morgan fingerprint density at radius 2 is 2.07 bits per heavy atom. The molecule has 1 aliphatic rings. The molecule has 0 saturated carbocycles. The van der Waals surface area contributed by atoms with Gasteiger partial charge in [-0.3, -0.25) is 9.89 Å². The molecule has 1 aliphatic heterocycles. The average molecular weight is 367 g/mol. The predicted molar refractivity (Wildman–Crippen MR) is 103 cm³/mol. The Morgan fingerprint density at radius 3 is 2.89 bits per heavy atom. The lowest BCUT2D eigenvalue weighted by molar-refractivity contribution is 0.0497. The van der Waals surface area contributed by atoms with Gasteiger partial charge in [-0.05, 0) is 62.4 Å². The van der Waals surface area contributed by atoms with Crippen LogP contribution in [-0.4, -0.2) is 54.9 Å². The van der Waals surface area contributed by atoms with Crippen molar-refractivity contribution in [3.8, 4) is 0 Å². The zero-order valence-corrected chi connectivity index (χ0v) is 15.8. The third-order valence-electron chi connectivity index (χ3n) is 5.53. The Kier molecular flexibility index (Phi) is 4.70. The smallest absolute Gasteiger partial charge is 0.274 e. The lowest BCUT2D eigenvalue weighted by Crippen LogP contribution is -2.45. The van der Waals surface area contributed by atoms with Crippen molar-refractivity contribution in [1.29, 1.82) is 0 Å². The summed E-state index contributed by atoms with van der Waals surface area (Å²) < 4.78 is 2.06. The van der Waals surface area contributed by atoms with Gasteiger partial charge < -0.3 is 14.6 Å². The van der Waals surface area contributed by atoms with Crippen LogP contribution in [0.2, 0.25) is 0 Å². The number of benzene rings is 1. The predicted octanol–water partition coefficient (Wildman–Crippen LogP) is 2.41. The molecule has 0 unspecified atom stereocenters. The standard InChI is InChI=1S/C20H25N5O2/c1-13-7-17-19(8-14(13)2)24(12-21-17)10-15-9-18(23-22-15)20(27)25-6-4-3-5-16(25)11-26/h7-9,12,16,26H,3-6,10-11H2,1-2H3,(H,22,23)/t16-/m1/s1. The van der Waals surface area contributed by atoms with Crippen molar-refractivity contribution in [2.45, 2.75) is 45.7 Å². The third kappa shape index (κ3) is 3.35. The normalized spacial score (nSPS) is 17.6. The number of imidazole rings is 1. The van der Waals surface area contributed by atoms with Crippen LogP contribution in [0.25, 0.3) is 11.0 Å². The van der Waals surface area contributed by atoms with Crippen molar-refractivity contribution in [3.63, 3.8) is 0 Å². The molecule has 1 amide bonds. The Hall–Kier alpha value is -2.67. The van der Waals surface area contributed by atoms with Crippen molar-refractivity contribution < 1.29 is 9.90 Å². The number of piperidine rings is 1. The van der Waals surface area contributed by atoms with E-state index >= 15 is 0 Å². The number of aryl methyl sites for hydroxylation is 2. The van der Waals surface area contributed by atoms with E-state index in [2.05, 4.69) is 45.7 Å². The zero-order chi connectivity index (χ0) is 19.0. The van der Waals surface area contributed by atoms with E-state index in [1.165, 1.54) is 11.1 Å². The second-order valence-electron chi connectivity index (χ2n) is 7.41. The number of fused-ring (bicyclic) bond motifs is 1. The first-order chi connectivity index (χ1) is 13.1. The molecule has 2 aromatic heterocycles. The first-order valence-corrected chi connectivity index (χ1v) is 9.45. The SMILES string of the molecule is Cc1cc2ncn(Cc3cc(C(=O)N4CCCC[C@@H]4CO)n[nH]3)c2cc1C. The van der Waals surface area contributed by atoms with Gasteiger partial charge in [-0.15, -0.1) is 0 Å². The molecular formula is C20H25N5O2. The zero-order valence-electron chi connectivity index (χ0n) is 15.8. The highest BCUT2D eigenvalue weighted by atomic mass is 16.3. The van der Waals surface area contributed by atoms with Crippen molar-refractivity contribution in [3.05, 3.63) is 47.0 Å². The third-order valence-corrected chi connectivity index (χ3v) is 5.53. The van der Waals surface area contributed by atoms with E-state index in [1.54, 1.807) is 11.0 Å². The Morgan fingerprint density at radius 1 is 1.26 bits per heavy atom. The van der Waals surface area contributed by atoms with Crippen LogP contribution >= 0.6 is 0 Å². The summed E-state index contributed by atoms with van der Waals surface area (Å²) >= 11 is 0. The van der Waals surface area contributed by atoms with Gasteiger partial charge in [-0.25, -0.2) is 4.98 Å². The Bertz CT molecular complexity index is 974. The molecule has 27 heavy (non-hydrogen) atoms. The van der Waals surface area contributed by atoms with E-state index in [4.69, 9.17) is 0 Å². The highest BCUT2D eigenvalue weighted by Gasteiger charge is 2.28. The van der Waals surface area contributed by atoms with E-state index in [0.717, 1.165) is 36.0 Å². The van der Waals surface area contributed by atoms with E-state index < -0.39 is 0 Å². The summed E-state index contributed by atoms with van der Waals surface area (Å²) in [5.41, 5.74) is 5.74. The number of carbonyl (C=O) groups excluding carboxylic acids is 1. The minimum Gasteiger partial charge on any atom is -0.394 e. The van der Waals surface area contributed by atoms with E-state index in [9.17, 15) is 9.90 Å². The molecule has 1 aromatic carbocycles. The Labute approximate surface area is 158 Å². The second-order valence-corrected chi connectivity index (χ2v) is 7.41. The van der Waals surface area contributed by atoms with Gasteiger partial charge in [0.25, 0.3) is 5.91 Å². The van der Waals surface area contributed by atoms with Gasteiger partial charge in [0.1, 0.15) is 5.69 Å². The van der Waals surface area contributed by atoms with E-state index in [0.29, 0.717) is 18.8 Å². The average Bonchev–Trinajstić information content (AvgIpc) is 3.30. The summed E-state index contributed by atoms with van der Waals surface area (Å²) in [7, 11) is 0. The van der Waals surface area contributed by atoms with Crippen LogP contribution in [0.4, 0.5) is 0 Å². The summed E-state index contributed by atoms with van der Waals surface area (Å²) in [4.78, 5) is 19.0. The van der Waals surface area contributed by atoms with Gasteiger partial charge in [0.05, 0.1) is 42.2 Å². The van der Waals surface area contributed by atoms with E-state index in [1.807, 2.05) is 6.33 Å². The molecule has 142 valence electrons. The Balaban J connectivity index is 1.55. The minimum absolute atomic E-state index is 0.00279. The minimum atomic E-state index is -0.113. The largest absolute Gasteiger partial charge is 0.394 e. The molecule has 0 bridgehead atoms. The molecule has 2 N–H and O–H groups in total. The first kappa shape index (κ1) is 17.7. The summed E-state index contributed by atoms with van der Waals surface area (Å²) in [6, 6.07) is 5.93. The molecule has 0 radical (unpaired) electrons. The number of aliphatic hydroxyl groups excluding tert-OH is 1. The number of amides is 1. The molecular weight excluding hydrogens is 342 g/mol. The van der Waals surface area contributed by atoms with Gasteiger partial charge in [0.15, 0.2) is 0 Å². The summed E-state index contributed by atoms with van der Waals surface area (Å²) in [5.74, 6) is -0.113. The van der Waals surface area contributed by atoms with Crippen molar-refractivity contribution in [1.82, 2.24) is 24.6 Å². The van der Waals surface area contributed by atoms with Crippen LogP contribution in [0.1, 0.15) is 46.6 Å². The maximum Gasteiger partial charge on any atom is 0.274 e. The highest BCUT2D eigenvalue weighted by molar-refractivity contribution is 5.92. The van der Waals surface area contributed by atoms with Crippen LogP contribution in [0, 0.1) is 13.8 Å². The molecule has 7 heteroatoms. The van der Waals surface area contributed by atoms with Crippen LogP contribution in [0.15, 0.2) is 24.5 Å². The number of hydrogen-bond acceptors (Lipinski definition) is 4. The molecule has 3 heterocycles. The molecule has 7 nitrogen and oxygen atoms in total. The molecule has 1 fully saturated rings. The molecule has 0 spiro atoms. The van der Waals surface area contributed by atoms with E-state index in [-0.39, 0.29) is 18.6 Å². The fraction of sp³-hybridized carbons (Fsp3) is 0.450. The number of nitrogens with one attached hydrogen (secondary N) is 1. The topological polar surface area (TPSA) is 87.0 Å². The number of likely N-dealkylation sites (tertiary alicyclic amines) is 1. The van der Waals surface area contributed by atoms with Gasteiger partial charge in [0, 0.05) is 6.54 Å². The maximum absolute atomic E-state index is 12.8. The summed E-state index contributed by atoms with van der Waals surface area (Å²) in [6.07, 6.45) is 4.68. The number of rotatable bonds is 4. The number of aliphatic hydroxyl groups is 1. The maximum atomic E-state index is 12.8. The molecule has 4 rings (SSSR count). The van der Waals surface area contributed by atoms with Crippen LogP contribution in [0.5, 0.6) is 0 Å². The summed E-state index contributed by atoms with van der Waals surface area (Å²) in [6.45, 7) is 5.43. The van der Waals surface area contributed by atoms with Gasteiger partial charge in [-0.1, -0.05) is 0 Å². The molecule has 1 saturated heterocycles. The van der Waals surface area contributed by atoms with Crippen molar-refractivity contribution >= 4 is 16.9 Å². The van der Waals surface area contributed by atoms with Gasteiger partial charge in [0.2, 0.25) is 0 Å². The number of carbonyl (C=O) groups is 1. The fourth-order valence-corrected chi connectivity index (χ4v) is 3.78. The second kappa shape index (κ2) is 7.15. The van der Waals surface area contributed by atoms with Crippen LogP contribution in [-0.2, 0) is 6.54 Å². The van der Waals surface area contributed by atoms with Crippen molar-refractivity contribution in [2.75, 3.05) is 13.2 Å². The lowest BCUT2D eigenvalue weighted by Gasteiger charge is -2.34.